The number of benzene rings is 2. The summed E-state index contributed by atoms with van der Waals surface area (Å²) >= 11 is 1.45. The lowest BCUT2D eigenvalue weighted by atomic mass is 10.0. The highest BCUT2D eigenvalue weighted by Gasteiger charge is 2.32. The van der Waals surface area contributed by atoms with Gasteiger partial charge in [0.1, 0.15) is 6.10 Å². The third-order valence-electron chi connectivity index (χ3n) is 4.26. The number of nitrogens with one attached hydrogen (secondary N) is 1. The van der Waals surface area contributed by atoms with Crippen LogP contribution in [0.1, 0.15) is 40.9 Å². The first-order valence-electron chi connectivity index (χ1n) is 8.13. The van der Waals surface area contributed by atoms with Gasteiger partial charge in [-0.15, -0.1) is 0 Å². The molecular weight excluding hydrogens is 336 g/mol. The number of esters is 1. The largest absolute Gasteiger partial charge is 0.453 e. The number of ether oxygens (including phenoxy) is 1. The lowest BCUT2D eigenvalue weighted by Gasteiger charge is -2.09. The average molecular weight is 352 g/mol. The molecule has 1 aliphatic heterocycles. The molecule has 2 heterocycles. The van der Waals surface area contributed by atoms with Crippen molar-refractivity contribution in [1.29, 1.82) is 0 Å². The van der Waals surface area contributed by atoms with E-state index in [2.05, 4.69) is 23.3 Å². The fourth-order valence-corrected chi connectivity index (χ4v) is 3.90. The molecule has 2 aromatic carbocycles. The lowest BCUT2D eigenvalue weighted by Crippen LogP contribution is -2.15. The summed E-state index contributed by atoms with van der Waals surface area (Å²) in [5, 5.41) is 3.38. The molecule has 1 aromatic heterocycles. The highest BCUT2D eigenvalue weighted by Crippen LogP contribution is 2.33. The second-order valence-electron chi connectivity index (χ2n) is 5.91. The van der Waals surface area contributed by atoms with Crippen LogP contribution in [0.2, 0.25) is 0 Å². The zero-order valence-electron chi connectivity index (χ0n) is 13.6. The molecule has 3 aromatic rings. The number of aryl methyl sites for hydroxylation is 1. The molecule has 6 heteroatoms. The number of carbonyl (C=O) groups is 2. The molecule has 0 aliphatic carbocycles. The van der Waals surface area contributed by atoms with Crippen LogP contribution in [0.3, 0.4) is 0 Å². The van der Waals surface area contributed by atoms with Crippen molar-refractivity contribution in [3.63, 3.8) is 0 Å². The Balaban J connectivity index is 1.49. The topological polar surface area (TPSA) is 68.3 Å². The number of hydrogen-bond donors (Lipinski definition) is 1. The Labute approximate surface area is 148 Å². The summed E-state index contributed by atoms with van der Waals surface area (Å²) in [5.41, 5.74) is 3.41. The number of thiazole rings is 1. The average Bonchev–Trinajstić information content (AvgIpc) is 3.15. The van der Waals surface area contributed by atoms with Crippen molar-refractivity contribution in [3.8, 4) is 0 Å². The quantitative estimate of drug-likeness (QED) is 0.718. The third-order valence-corrected chi connectivity index (χ3v) is 5.19. The SMILES string of the molecule is CCc1ccc2nc(NC(=O)CC3OC(=O)c4ccccc43)sc2c1. The van der Waals surface area contributed by atoms with Crippen molar-refractivity contribution >= 4 is 38.6 Å². The molecule has 0 radical (unpaired) electrons. The van der Waals surface area contributed by atoms with Crippen molar-refractivity contribution in [2.45, 2.75) is 25.9 Å². The Hall–Kier alpha value is -2.73. The van der Waals surface area contributed by atoms with Gasteiger partial charge in [0.2, 0.25) is 5.91 Å². The summed E-state index contributed by atoms with van der Waals surface area (Å²) in [5.74, 6) is -0.593. The number of hydrogen-bond acceptors (Lipinski definition) is 5. The zero-order chi connectivity index (χ0) is 17.4. The number of anilines is 1. The summed E-state index contributed by atoms with van der Waals surface area (Å²) < 4.78 is 6.36. The van der Waals surface area contributed by atoms with Crippen molar-refractivity contribution < 1.29 is 14.3 Å². The van der Waals surface area contributed by atoms with Crippen LogP contribution in [0.25, 0.3) is 10.2 Å². The molecule has 1 atom stereocenters. The number of amides is 1. The molecule has 5 nitrogen and oxygen atoms in total. The molecule has 0 saturated heterocycles. The molecule has 0 fully saturated rings. The number of rotatable bonds is 4. The van der Waals surface area contributed by atoms with Crippen LogP contribution in [0, 0.1) is 0 Å². The van der Waals surface area contributed by atoms with Crippen molar-refractivity contribution in [2.75, 3.05) is 5.32 Å². The number of fused-ring (bicyclic) bond motifs is 2. The van der Waals surface area contributed by atoms with Crippen molar-refractivity contribution in [3.05, 3.63) is 59.2 Å². The van der Waals surface area contributed by atoms with Crippen LogP contribution in [0.15, 0.2) is 42.5 Å². The van der Waals surface area contributed by atoms with Gasteiger partial charge in [0.05, 0.1) is 22.2 Å². The standard InChI is InChI=1S/C19H16N2O3S/c1-2-11-7-8-14-16(9-11)25-19(20-14)21-17(22)10-15-12-5-3-4-6-13(12)18(23)24-15/h3-9,15H,2,10H2,1H3,(H,20,21,22). The molecule has 0 spiro atoms. The van der Waals surface area contributed by atoms with E-state index in [0.29, 0.717) is 10.7 Å². The Kier molecular flexibility index (Phi) is 3.97. The van der Waals surface area contributed by atoms with E-state index in [1.54, 1.807) is 12.1 Å². The first kappa shape index (κ1) is 15.8. The minimum Gasteiger partial charge on any atom is -0.453 e. The number of aromatic nitrogens is 1. The number of cyclic esters (lactones) is 1. The predicted molar refractivity (Wildman–Crippen MR) is 96.8 cm³/mol. The first-order chi connectivity index (χ1) is 12.1. The smallest absolute Gasteiger partial charge is 0.339 e. The van der Waals surface area contributed by atoms with Crippen LogP contribution >= 0.6 is 11.3 Å². The molecule has 1 aliphatic rings. The van der Waals surface area contributed by atoms with Gasteiger partial charge in [0, 0.05) is 5.56 Å². The van der Waals surface area contributed by atoms with Gasteiger partial charge in [-0.05, 0) is 30.2 Å². The van der Waals surface area contributed by atoms with Crippen LogP contribution in [0.5, 0.6) is 0 Å². The van der Waals surface area contributed by atoms with E-state index >= 15 is 0 Å². The second kappa shape index (κ2) is 6.29. The second-order valence-corrected chi connectivity index (χ2v) is 6.94. The molecule has 4 rings (SSSR count). The van der Waals surface area contributed by atoms with Gasteiger partial charge >= 0.3 is 5.97 Å². The Morgan fingerprint density at radius 2 is 2.12 bits per heavy atom. The minimum absolute atomic E-state index is 0.0822. The fraction of sp³-hybridized carbons (Fsp3) is 0.211. The summed E-state index contributed by atoms with van der Waals surface area (Å²) in [4.78, 5) is 28.6. The summed E-state index contributed by atoms with van der Waals surface area (Å²) in [6.45, 7) is 2.10. The van der Waals surface area contributed by atoms with Gasteiger partial charge in [-0.1, -0.05) is 42.5 Å². The van der Waals surface area contributed by atoms with E-state index in [-0.39, 0.29) is 18.3 Å². The minimum atomic E-state index is -0.537. The number of carbonyl (C=O) groups excluding carboxylic acids is 2. The van der Waals surface area contributed by atoms with Gasteiger partial charge in [-0.25, -0.2) is 9.78 Å². The van der Waals surface area contributed by atoms with Gasteiger partial charge in [0.25, 0.3) is 0 Å². The lowest BCUT2D eigenvalue weighted by molar-refractivity contribution is -0.118. The van der Waals surface area contributed by atoms with E-state index in [1.165, 1.54) is 16.9 Å². The van der Waals surface area contributed by atoms with E-state index < -0.39 is 6.10 Å². The van der Waals surface area contributed by atoms with E-state index in [9.17, 15) is 9.59 Å². The van der Waals surface area contributed by atoms with Crippen molar-refractivity contribution in [2.24, 2.45) is 0 Å². The normalized spacial score (nSPS) is 15.9. The van der Waals surface area contributed by atoms with Crippen LogP contribution in [-0.2, 0) is 16.0 Å². The van der Waals surface area contributed by atoms with Crippen LogP contribution in [0.4, 0.5) is 5.13 Å². The molecule has 1 amide bonds. The maximum absolute atomic E-state index is 12.3. The molecule has 126 valence electrons. The van der Waals surface area contributed by atoms with Crippen LogP contribution in [-0.4, -0.2) is 16.9 Å². The van der Waals surface area contributed by atoms with Gasteiger partial charge in [0.15, 0.2) is 5.13 Å². The molecule has 1 unspecified atom stereocenters. The third kappa shape index (κ3) is 3.00. The van der Waals surface area contributed by atoms with Gasteiger partial charge < -0.3 is 10.1 Å². The van der Waals surface area contributed by atoms with E-state index in [4.69, 9.17) is 4.74 Å². The summed E-state index contributed by atoms with van der Waals surface area (Å²) in [6.07, 6.45) is 0.505. The predicted octanol–water partition coefficient (Wildman–Crippen LogP) is 4.10. The monoisotopic (exact) mass is 352 g/mol. The van der Waals surface area contributed by atoms with E-state index in [0.717, 1.165) is 22.2 Å². The molecule has 0 bridgehead atoms. The van der Waals surface area contributed by atoms with Gasteiger partial charge in [-0.2, -0.15) is 0 Å². The molecule has 25 heavy (non-hydrogen) atoms. The molecule has 1 N–H and O–H groups in total. The summed E-state index contributed by atoms with van der Waals surface area (Å²) in [7, 11) is 0. The summed E-state index contributed by atoms with van der Waals surface area (Å²) in [6, 6.07) is 13.3. The maximum Gasteiger partial charge on any atom is 0.339 e. The fourth-order valence-electron chi connectivity index (χ4n) is 2.95. The highest BCUT2D eigenvalue weighted by molar-refractivity contribution is 7.22. The first-order valence-corrected chi connectivity index (χ1v) is 8.95. The van der Waals surface area contributed by atoms with Crippen molar-refractivity contribution in [1.82, 2.24) is 4.98 Å². The Morgan fingerprint density at radius 1 is 1.28 bits per heavy atom. The van der Waals surface area contributed by atoms with Gasteiger partial charge in [-0.3, -0.25) is 4.79 Å². The Morgan fingerprint density at radius 3 is 2.96 bits per heavy atom. The maximum atomic E-state index is 12.3. The number of nitrogens with zero attached hydrogens (tertiary/aromatic N) is 1. The zero-order valence-corrected chi connectivity index (χ0v) is 14.4. The molecular formula is C19H16N2O3S. The Bertz CT molecular complexity index is 980. The highest BCUT2D eigenvalue weighted by atomic mass is 32.1. The van der Waals surface area contributed by atoms with Crippen LogP contribution < -0.4 is 5.32 Å². The molecule has 0 saturated carbocycles. The van der Waals surface area contributed by atoms with E-state index in [1.807, 2.05) is 24.3 Å².